The van der Waals surface area contributed by atoms with E-state index in [0.29, 0.717) is 5.57 Å². The predicted molar refractivity (Wildman–Crippen MR) is 56.0 cm³/mol. The predicted octanol–water partition coefficient (Wildman–Crippen LogP) is -0.693. The maximum absolute atomic E-state index is 11.0. The van der Waals surface area contributed by atoms with Crippen LogP contribution in [0.1, 0.15) is 13.8 Å². The molecule has 0 aliphatic carbocycles. The first-order valence-electron chi connectivity index (χ1n) is 3.64. The van der Waals surface area contributed by atoms with Gasteiger partial charge >= 0.3 is 29.6 Å². The fourth-order valence-corrected chi connectivity index (χ4v) is 1.42. The van der Waals surface area contributed by atoms with Crippen molar-refractivity contribution in [1.82, 2.24) is 5.32 Å². The van der Waals surface area contributed by atoms with E-state index >= 15 is 0 Å². The SMILES string of the molecule is C=C(C)C(=O)NC(C)CS(=O)(=O)O.[NaH]. The average Bonchev–Trinajstić information content (AvgIpc) is 1.81. The molecule has 0 fully saturated rings. The second-order valence-corrected chi connectivity index (χ2v) is 4.40. The van der Waals surface area contributed by atoms with Crippen molar-refractivity contribution in [3.05, 3.63) is 12.2 Å². The summed E-state index contributed by atoms with van der Waals surface area (Å²) in [5, 5.41) is 2.36. The van der Waals surface area contributed by atoms with Gasteiger partial charge in [0.15, 0.2) is 0 Å². The normalized spacial score (nSPS) is 12.5. The fraction of sp³-hybridized carbons (Fsp3) is 0.571. The molecule has 78 valence electrons. The number of nitrogens with one attached hydrogen (secondary N) is 1. The van der Waals surface area contributed by atoms with Gasteiger partial charge in [-0.3, -0.25) is 9.35 Å². The van der Waals surface area contributed by atoms with Crippen LogP contribution in [-0.4, -0.2) is 60.2 Å². The van der Waals surface area contributed by atoms with Crippen LogP contribution in [0, 0.1) is 0 Å². The molecule has 0 aliphatic rings. The fourth-order valence-electron chi connectivity index (χ4n) is 0.705. The van der Waals surface area contributed by atoms with Crippen molar-refractivity contribution in [2.24, 2.45) is 0 Å². The van der Waals surface area contributed by atoms with Crippen molar-refractivity contribution in [1.29, 1.82) is 0 Å². The second-order valence-electron chi connectivity index (χ2n) is 2.90. The van der Waals surface area contributed by atoms with Gasteiger partial charge in [-0.2, -0.15) is 8.42 Å². The molecule has 2 N–H and O–H groups in total. The van der Waals surface area contributed by atoms with E-state index in [2.05, 4.69) is 11.9 Å². The zero-order valence-electron chi connectivity index (χ0n) is 7.57. The van der Waals surface area contributed by atoms with Crippen LogP contribution in [0.2, 0.25) is 0 Å². The van der Waals surface area contributed by atoms with Gasteiger partial charge in [0.1, 0.15) is 0 Å². The van der Waals surface area contributed by atoms with Crippen molar-refractivity contribution in [2.75, 3.05) is 5.75 Å². The van der Waals surface area contributed by atoms with Gasteiger partial charge in [0.25, 0.3) is 10.1 Å². The molecule has 0 aliphatic heterocycles. The molecule has 5 nitrogen and oxygen atoms in total. The van der Waals surface area contributed by atoms with E-state index in [1.807, 2.05) is 0 Å². The molecule has 0 saturated heterocycles. The third-order valence-corrected chi connectivity index (χ3v) is 2.15. The molecule has 0 aromatic carbocycles. The van der Waals surface area contributed by atoms with E-state index in [4.69, 9.17) is 4.55 Å². The van der Waals surface area contributed by atoms with Gasteiger partial charge in [-0.1, -0.05) is 6.58 Å². The van der Waals surface area contributed by atoms with Gasteiger partial charge < -0.3 is 5.32 Å². The van der Waals surface area contributed by atoms with Crippen molar-refractivity contribution in [3.63, 3.8) is 0 Å². The Morgan fingerprint density at radius 3 is 2.29 bits per heavy atom. The number of carbonyl (C=O) groups is 1. The van der Waals surface area contributed by atoms with Crippen LogP contribution in [0.15, 0.2) is 12.2 Å². The first kappa shape index (κ1) is 16.5. The van der Waals surface area contributed by atoms with Gasteiger partial charge in [-0.05, 0) is 13.8 Å². The van der Waals surface area contributed by atoms with E-state index in [-0.39, 0.29) is 29.6 Å². The number of rotatable bonds is 4. The zero-order valence-corrected chi connectivity index (χ0v) is 8.39. The van der Waals surface area contributed by atoms with Crippen LogP contribution in [0.3, 0.4) is 0 Å². The Balaban J connectivity index is 0. The van der Waals surface area contributed by atoms with Crippen LogP contribution in [0.25, 0.3) is 0 Å². The molecule has 0 heterocycles. The zero-order chi connectivity index (χ0) is 10.6. The summed E-state index contributed by atoms with van der Waals surface area (Å²) in [4.78, 5) is 11.0. The molecule has 1 amide bonds. The maximum atomic E-state index is 11.0. The van der Waals surface area contributed by atoms with Gasteiger partial charge in [0.2, 0.25) is 5.91 Å². The van der Waals surface area contributed by atoms with Crippen LogP contribution in [-0.2, 0) is 14.9 Å². The summed E-state index contributed by atoms with van der Waals surface area (Å²) in [6.45, 7) is 6.37. The topological polar surface area (TPSA) is 83.5 Å². The molecular weight excluding hydrogens is 217 g/mol. The van der Waals surface area contributed by atoms with Gasteiger partial charge in [-0.15, -0.1) is 0 Å². The Bertz CT molecular complexity index is 312. The number of amides is 1. The molecule has 1 atom stereocenters. The summed E-state index contributed by atoms with van der Waals surface area (Å²) in [5.41, 5.74) is 0.294. The molecule has 1 unspecified atom stereocenters. The molecular formula is C7H14NNaO4S. The molecule has 0 saturated carbocycles. The summed E-state index contributed by atoms with van der Waals surface area (Å²) >= 11 is 0. The molecule has 0 aromatic heterocycles. The first-order chi connectivity index (χ1) is 5.72. The summed E-state index contributed by atoms with van der Waals surface area (Å²) in [6.07, 6.45) is 0. The average molecular weight is 231 g/mol. The van der Waals surface area contributed by atoms with E-state index in [0.717, 1.165) is 0 Å². The molecule has 0 bridgehead atoms. The van der Waals surface area contributed by atoms with Gasteiger partial charge in [-0.25, -0.2) is 0 Å². The Labute approximate surface area is 106 Å². The minimum absolute atomic E-state index is 0. The molecule has 7 heteroatoms. The van der Waals surface area contributed by atoms with Crippen LogP contribution in [0.4, 0.5) is 0 Å². The third-order valence-electron chi connectivity index (χ3n) is 1.23. The minimum atomic E-state index is -4.04. The molecule has 0 rings (SSSR count). The van der Waals surface area contributed by atoms with E-state index < -0.39 is 27.8 Å². The Kier molecular flexibility index (Phi) is 7.77. The van der Waals surface area contributed by atoms with Crippen molar-refractivity contribution in [3.8, 4) is 0 Å². The van der Waals surface area contributed by atoms with E-state index in [1.165, 1.54) is 13.8 Å². The quantitative estimate of drug-likeness (QED) is 0.381. The summed E-state index contributed by atoms with van der Waals surface area (Å²) < 4.78 is 29.2. The summed E-state index contributed by atoms with van der Waals surface area (Å²) in [6, 6.07) is -0.626. The van der Waals surface area contributed by atoms with Crippen molar-refractivity contribution >= 4 is 45.6 Å². The third kappa shape index (κ3) is 8.71. The van der Waals surface area contributed by atoms with E-state index in [1.54, 1.807) is 0 Å². The Hall–Kier alpha value is 0.120. The second kappa shape index (κ2) is 6.58. The van der Waals surface area contributed by atoms with Gasteiger partial charge in [0.05, 0.1) is 5.75 Å². The summed E-state index contributed by atoms with van der Waals surface area (Å²) in [5.74, 6) is -0.914. The van der Waals surface area contributed by atoms with Crippen LogP contribution < -0.4 is 5.32 Å². The Morgan fingerprint density at radius 2 is 2.00 bits per heavy atom. The van der Waals surface area contributed by atoms with Gasteiger partial charge in [0, 0.05) is 11.6 Å². The van der Waals surface area contributed by atoms with Crippen LogP contribution >= 0.6 is 0 Å². The summed E-state index contributed by atoms with van der Waals surface area (Å²) in [7, 11) is -4.04. The molecule has 14 heavy (non-hydrogen) atoms. The number of hydrogen-bond acceptors (Lipinski definition) is 3. The number of hydrogen-bond donors (Lipinski definition) is 2. The molecule has 0 spiro atoms. The number of carbonyl (C=O) groups excluding carboxylic acids is 1. The Morgan fingerprint density at radius 1 is 1.57 bits per heavy atom. The van der Waals surface area contributed by atoms with Crippen LogP contribution in [0.5, 0.6) is 0 Å². The standard InChI is InChI=1S/C7H13NO4S.Na.H/c1-5(2)7(9)8-6(3)4-13(10,11)12;;/h6H,1,4H2,2-3H3,(H,8,9)(H,10,11,12);;. The monoisotopic (exact) mass is 231 g/mol. The van der Waals surface area contributed by atoms with Crippen molar-refractivity contribution in [2.45, 2.75) is 19.9 Å². The van der Waals surface area contributed by atoms with Crippen molar-refractivity contribution < 1.29 is 17.8 Å². The molecule has 0 radical (unpaired) electrons. The van der Waals surface area contributed by atoms with E-state index in [9.17, 15) is 13.2 Å². The first-order valence-corrected chi connectivity index (χ1v) is 5.25. The molecule has 0 aromatic rings.